The molecular formula is C13H20N4O. The van der Waals surface area contributed by atoms with Crippen LogP contribution >= 0.6 is 0 Å². The Labute approximate surface area is 107 Å². The minimum Gasteiger partial charge on any atom is -0.381 e. The number of benzene rings is 1. The van der Waals surface area contributed by atoms with Crippen molar-refractivity contribution in [3.63, 3.8) is 0 Å². The van der Waals surface area contributed by atoms with E-state index in [1.807, 2.05) is 30.3 Å². The number of guanidine groups is 1. The molecule has 1 aromatic carbocycles. The van der Waals surface area contributed by atoms with Crippen LogP contribution in [-0.2, 0) is 4.74 Å². The van der Waals surface area contributed by atoms with Gasteiger partial charge in [-0.2, -0.15) is 0 Å². The molecule has 0 amide bonds. The van der Waals surface area contributed by atoms with E-state index in [4.69, 9.17) is 10.6 Å². The van der Waals surface area contributed by atoms with Gasteiger partial charge in [-0.15, -0.1) is 0 Å². The Kier molecular flexibility index (Phi) is 4.99. The summed E-state index contributed by atoms with van der Waals surface area (Å²) in [6, 6.07) is 9.84. The number of ether oxygens (including phenoxy) is 1. The standard InChI is InChI=1S/C13H20N4O/c14-17-13(16-12-4-2-1-3-5-12)15-8-6-11-7-9-18-10-11/h1-5,11H,6-10,14H2,(H2,15,16,17). The summed E-state index contributed by atoms with van der Waals surface area (Å²) in [5.74, 6) is 6.69. The molecule has 0 saturated carbocycles. The van der Waals surface area contributed by atoms with Crippen molar-refractivity contribution < 1.29 is 4.74 Å². The highest BCUT2D eigenvalue weighted by Gasteiger charge is 2.14. The van der Waals surface area contributed by atoms with Crippen molar-refractivity contribution in [1.82, 2.24) is 5.43 Å². The average Bonchev–Trinajstić information content (AvgIpc) is 2.92. The molecule has 0 spiro atoms. The first-order chi connectivity index (χ1) is 8.88. The third kappa shape index (κ3) is 4.01. The summed E-state index contributed by atoms with van der Waals surface area (Å²) in [5.41, 5.74) is 3.55. The van der Waals surface area contributed by atoms with Gasteiger partial charge in [-0.1, -0.05) is 18.2 Å². The Hall–Kier alpha value is -1.59. The number of anilines is 1. The van der Waals surface area contributed by atoms with E-state index >= 15 is 0 Å². The summed E-state index contributed by atoms with van der Waals surface area (Å²) in [4.78, 5) is 4.41. The summed E-state index contributed by atoms with van der Waals surface area (Å²) in [6.07, 6.45) is 2.19. The fourth-order valence-electron chi connectivity index (χ4n) is 1.95. The van der Waals surface area contributed by atoms with Crippen LogP contribution in [-0.4, -0.2) is 25.7 Å². The van der Waals surface area contributed by atoms with E-state index in [9.17, 15) is 0 Å². The summed E-state index contributed by atoms with van der Waals surface area (Å²) in [5, 5.41) is 3.14. The lowest BCUT2D eigenvalue weighted by molar-refractivity contribution is 0.184. The number of para-hydroxylation sites is 1. The van der Waals surface area contributed by atoms with Crippen LogP contribution in [0.3, 0.4) is 0 Å². The summed E-state index contributed by atoms with van der Waals surface area (Å²) >= 11 is 0. The van der Waals surface area contributed by atoms with Crippen LogP contribution in [0.4, 0.5) is 5.69 Å². The molecule has 5 nitrogen and oxygen atoms in total. The normalized spacial score (nSPS) is 19.8. The van der Waals surface area contributed by atoms with E-state index in [1.165, 1.54) is 0 Å². The third-order valence-corrected chi connectivity index (χ3v) is 3.00. The van der Waals surface area contributed by atoms with Crippen LogP contribution in [0.5, 0.6) is 0 Å². The fraction of sp³-hybridized carbons (Fsp3) is 0.462. The van der Waals surface area contributed by atoms with Crippen molar-refractivity contribution in [2.75, 3.05) is 25.1 Å². The van der Waals surface area contributed by atoms with Gasteiger partial charge in [0.2, 0.25) is 5.96 Å². The lowest BCUT2D eigenvalue weighted by Crippen LogP contribution is -2.36. The first-order valence-electron chi connectivity index (χ1n) is 6.29. The summed E-state index contributed by atoms with van der Waals surface area (Å²) in [7, 11) is 0. The molecule has 1 aliphatic heterocycles. The first-order valence-corrected chi connectivity index (χ1v) is 6.29. The van der Waals surface area contributed by atoms with E-state index < -0.39 is 0 Å². The lowest BCUT2D eigenvalue weighted by atomic mass is 10.1. The molecule has 0 aromatic heterocycles. The van der Waals surface area contributed by atoms with Crippen LogP contribution in [0.15, 0.2) is 35.3 Å². The second kappa shape index (κ2) is 6.98. The zero-order valence-corrected chi connectivity index (χ0v) is 10.4. The van der Waals surface area contributed by atoms with E-state index in [0.717, 1.165) is 38.3 Å². The van der Waals surface area contributed by atoms with E-state index in [0.29, 0.717) is 11.9 Å². The van der Waals surface area contributed by atoms with Gasteiger partial charge in [0.05, 0.1) is 0 Å². The SMILES string of the molecule is NNC(=NCCC1CCOC1)Nc1ccccc1. The number of hydrogen-bond acceptors (Lipinski definition) is 3. The molecule has 0 bridgehead atoms. The number of aliphatic imine (C=N–C) groups is 1. The quantitative estimate of drug-likeness (QED) is 0.325. The lowest BCUT2D eigenvalue weighted by Gasteiger charge is -2.10. The number of rotatable bonds is 4. The number of hydrazine groups is 1. The van der Waals surface area contributed by atoms with E-state index in [-0.39, 0.29) is 0 Å². The molecule has 1 fully saturated rings. The second-order valence-electron chi connectivity index (χ2n) is 4.38. The van der Waals surface area contributed by atoms with Crippen molar-refractivity contribution in [1.29, 1.82) is 0 Å². The molecule has 1 aliphatic rings. The molecule has 2 rings (SSSR count). The minimum atomic E-state index is 0.597. The molecule has 98 valence electrons. The zero-order valence-electron chi connectivity index (χ0n) is 10.4. The Bertz CT molecular complexity index is 374. The van der Waals surface area contributed by atoms with Gasteiger partial charge in [-0.05, 0) is 30.9 Å². The maximum atomic E-state index is 5.45. The van der Waals surface area contributed by atoms with Crippen LogP contribution in [0.25, 0.3) is 0 Å². The topological polar surface area (TPSA) is 71.7 Å². The number of nitrogens with two attached hydrogens (primary N) is 1. The molecule has 1 aromatic rings. The Morgan fingerprint density at radius 2 is 2.22 bits per heavy atom. The predicted octanol–water partition coefficient (Wildman–Crippen LogP) is 1.34. The minimum absolute atomic E-state index is 0.597. The van der Waals surface area contributed by atoms with Crippen LogP contribution < -0.4 is 16.6 Å². The highest BCUT2D eigenvalue weighted by Crippen LogP contribution is 2.15. The molecule has 0 aliphatic carbocycles. The molecule has 1 unspecified atom stereocenters. The van der Waals surface area contributed by atoms with Gasteiger partial charge in [0.25, 0.3) is 0 Å². The number of hydrogen-bond donors (Lipinski definition) is 3. The van der Waals surface area contributed by atoms with Gasteiger partial charge in [0, 0.05) is 25.4 Å². The third-order valence-electron chi connectivity index (χ3n) is 3.00. The molecule has 1 atom stereocenters. The van der Waals surface area contributed by atoms with Gasteiger partial charge in [0.1, 0.15) is 0 Å². The van der Waals surface area contributed by atoms with Crippen LogP contribution in [0.2, 0.25) is 0 Å². The smallest absolute Gasteiger partial charge is 0.210 e. The highest BCUT2D eigenvalue weighted by molar-refractivity contribution is 5.93. The molecule has 5 heteroatoms. The van der Waals surface area contributed by atoms with E-state index in [1.54, 1.807) is 0 Å². The maximum absolute atomic E-state index is 5.45. The van der Waals surface area contributed by atoms with Gasteiger partial charge in [-0.3, -0.25) is 10.4 Å². The molecule has 0 radical (unpaired) electrons. The fourth-order valence-corrected chi connectivity index (χ4v) is 1.95. The van der Waals surface area contributed by atoms with Crippen molar-refractivity contribution in [3.05, 3.63) is 30.3 Å². The Morgan fingerprint density at radius 1 is 1.39 bits per heavy atom. The predicted molar refractivity (Wildman–Crippen MR) is 73.2 cm³/mol. The first kappa shape index (κ1) is 12.9. The highest BCUT2D eigenvalue weighted by atomic mass is 16.5. The monoisotopic (exact) mass is 248 g/mol. The van der Waals surface area contributed by atoms with Crippen molar-refractivity contribution in [2.24, 2.45) is 16.8 Å². The molecule has 4 N–H and O–H groups in total. The molecule has 1 heterocycles. The molecular weight excluding hydrogens is 228 g/mol. The van der Waals surface area contributed by atoms with Crippen LogP contribution in [0.1, 0.15) is 12.8 Å². The number of nitrogens with zero attached hydrogens (tertiary/aromatic N) is 1. The molecule has 18 heavy (non-hydrogen) atoms. The van der Waals surface area contributed by atoms with Crippen LogP contribution in [0, 0.1) is 5.92 Å². The average molecular weight is 248 g/mol. The van der Waals surface area contributed by atoms with Crippen molar-refractivity contribution >= 4 is 11.6 Å². The number of nitrogens with one attached hydrogen (secondary N) is 2. The van der Waals surface area contributed by atoms with Crippen molar-refractivity contribution in [3.8, 4) is 0 Å². The van der Waals surface area contributed by atoms with Gasteiger partial charge < -0.3 is 10.1 Å². The summed E-state index contributed by atoms with van der Waals surface area (Å²) in [6.45, 7) is 2.51. The summed E-state index contributed by atoms with van der Waals surface area (Å²) < 4.78 is 5.33. The van der Waals surface area contributed by atoms with Crippen molar-refractivity contribution in [2.45, 2.75) is 12.8 Å². The zero-order chi connectivity index (χ0) is 12.6. The Balaban J connectivity index is 1.80. The van der Waals surface area contributed by atoms with Gasteiger partial charge >= 0.3 is 0 Å². The van der Waals surface area contributed by atoms with Gasteiger partial charge in [-0.25, -0.2) is 5.84 Å². The molecule has 1 saturated heterocycles. The maximum Gasteiger partial charge on any atom is 0.210 e. The second-order valence-corrected chi connectivity index (χ2v) is 4.38. The van der Waals surface area contributed by atoms with E-state index in [2.05, 4.69) is 15.7 Å². The Morgan fingerprint density at radius 3 is 2.89 bits per heavy atom. The van der Waals surface area contributed by atoms with Gasteiger partial charge in [0.15, 0.2) is 0 Å². The largest absolute Gasteiger partial charge is 0.381 e.